The quantitative estimate of drug-likeness (QED) is 0.448. The van der Waals surface area contributed by atoms with Crippen LogP contribution < -0.4 is 0 Å². The summed E-state index contributed by atoms with van der Waals surface area (Å²) in [4.78, 5) is 23.6. The van der Waals surface area contributed by atoms with E-state index in [0.717, 1.165) is 44.9 Å². The second-order valence-corrected chi connectivity index (χ2v) is 8.54. The molecular formula is C19H30O6. The van der Waals surface area contributed by atoms with E-state index in [2.05, 4.69) is 6.92 Å². The van der Waals surface area contributed by atoms with Crippen LogP contribution in [0.1, 0.15) is 65.2 Å². The second-order valence-electron chi connectivity index (χ2n) is 8.54. The first kappa shape index (κ1) is 18.6. The zero-order valence-electron chi connectivity index (χ0n) is 15.3. The average molecular weight is 354 g/mol. The maximum atomic E-state index is 11.8. The zero-order chi connectivity index (χ0) is 18.1. The van der Waals surface area contributed by atoms with Crippen LogP contribution in [0.25, 0.3) is 0 Å². The van der Waals surface area contributed by atoms with Crippen molar-refractivity contribution >= 4 is 11.9 Å². The van der Waals surface area contributed by atoms with E-state index >= 15 is 0 Å². The lowest BCUT2D eigenvalue weighted by atomic mass is 9.80. The fourth-order valence-corrected chi connectivity index (χ4v) is 3.98. The molecule has 0 spiro atoms. The molecule has 3 atom stereocenters. The van der Waals surface area contributed by atoms with Gasteiger partial charge in [-0.3, -0.25) is 9.59 Å². The van der Waals surface area contributed by atoms with Crippen molar-refractivity contribution < 1.29 is 28.9 Å². The molecule has 2 saturated carbocycles. The summed E-state index contributed by atoms with van der Waals surface area (Å²) in [6, 6.07) is 0. The van der Waals surface area contributed by atoms with Crippen molar-refractivity contribution in [1.82, 2.24) is 0 Å². The molecule has 2 aliphatic carbocycles. The maximum Gasteiger partial charge on any atom is 0.317 e. The van der Waals surface area contributed by atoms with E-state index in [0.29, 0.717) is 25.2 Å². The minimum absolute atomic E-state index is 0.0664. The first-order chi connectivity index (χ1) is 11.8. The Balaban J connectivity index is 1.27. The minimum atomic E-state index is -0.591. The number of ether oxygens (including phenoxy) is 3. The molecule has 25 heavy (non-hydrogen) atoms. The Kier molecular flexibility index (Phi) is 5.40. The summed E-state index contributed by atoms with van der Waals surface area (Å²) >= 11 is 0. The monoisotopic (exact) mass is 354 g/mol. The van der Waals surface area contributed by atoms with Gasteiger partial charge in [-0.2, -0.15) is 0 Å². The van der Waals surface area contributed by atoms with Crippen LogP contribution in [0.2, 0.25) is 0 Å². The number of esters is 2. The van der Waals surface area contributed by atoms with Crippen molar-refractivity contribution in [2.24, 2.45) is 11.8 Å². The normalized spacial score (nSPS) is 40.0. The lowest BCUT2D eigenvalue weighted by molar-refractivity contribution is -0.156. The van der Waals surface area contributed by atoms with Crippen molar-refractivity contribution in [2.45, 2.75) is 82.5 Å². The van der Waals surface area contributed by atoms with E-state index < -0.39 is 17.5 Å². The van der Waals surface area contributed by atoms with Crippen LogP contribution in [-0.2, 0) is 23.8 Å². The fraction of sp³-hybridized carbons (Fsp3) is 0.895. The van der Waals surface area contributed by atoms with Crippen LogP contribution in [0.3, 0.4) is 0 Å². The third-order valence-electron chi connectivity index (χ3n) is 6.06. The van der Waals surface area contributed by atoms with E-state index in [-0.39, 0.29) is 17.9 Å². The van der Waals surface area contributed by atoms with Crippen molar-refractivity contribution in [3.63, 3.8) is 0 Å². The first-order valence-electron chi connectivity index (χ1n) is 9.47. The number of carbonyl (C=O) groups is 2. The third kappa shape index (κ3) is 5.17. The van der Waals surface area contributed by atoms with Crippen molar-refractivity contribution in [3.05, 3.63) is 0 Å². The molecule has 1 N–H and O–H groups in total. The predicted octanol–water partition coefficient (Wildman–Crippen LogP) is 2.36. The Morgan fingerprint density at radius 2 is 1.56 bits per heavy atom. The summed E-state index contributed by atoms with van der Waals surface area (Å²) in [7, 11) is 0. The van der Waals surface area contributed by atoms with Gasteiger partial charge in [-0.25, -0.2) is 0 Å². The van der Waals surface area contributed by atoms with E-state index in [1.165, 1.54) is 0 Å². The Morgan fingerprint density at radius 3 is 2.16 bits per heavy atom. The van der Waals surface area contributed by atoms with Gasteiger partial charge in [0.1, 0.15) is 6.42 Å². The highest BCUT2D eigenvalue weighted by molar-refractivity contribution is 5.91. The molecule has 1 heterocycles. The molecule has 142 valence electrons. The Hall–Kier alpha value is -1.14. The minimum Gasteiger partial charge on any atom is -0.465 e. The van der Waals surface area contributed by atoms with Crippen molar-refractivity contribution in [2.75, 3.05) is 13.2 Å². The molecule has 3 unspecified atom stereocenters. The molecule has 0 aromatic heterocycles. The van der Waals surface area contributed by atoms with Crippen molar-refractivity contribution in [1.29, 1.82) is 0 Å². The second kappa shape index (κ2) is 7.23. The van der Waals surface area contributed by atoms with Crippen LogP contribution in [0, 0.1) is 11.8 Å². The number of epoxide rings is 1. The molecule has 0 amide bonds. The van der Waals surface area contributed by atoms with Crippen LogP contribution >= 0.6 is 0 Å². The number of aliphatic hydroxyl groups is 1. The van der Waals surface area contributed by atoms with Gasteiger partial charge in [-0.1, -0.05) is 0 Å². The van der Waals surface area contributed by atoms with Gasteiger partial charge in [0.05, 0.1) is 30.5 Å². The Labute approximate surface area is 149 Å². The molecular weight excluding hydrogens is 324 g/mol. The largest absolute Gasteiger partial charge is 0.465 e. The summed E-state index contributed by atoms with van der Waals surface area (Å²) in [5, 5.41) is 9.91. The third-order valence-corrected chi connectivity index (χ3v) is 6.06. The highest BCUT2D eigenvalue weighted by Crippen LogP contribution is 2.49. The molecule has 3 fully saturated rings. The lowest BCUT2D eigenvalue weighted by Crippen LogP contribution is -2.32. The van der Waals surface area contributed by atoms with Crippen LogP contribution in [0.4, 0.5) is 0 Å². The predicted molar refractivity (Wildman–Crippen MR) is 89.7 cm³/mol. The van der Waals surface area contributed by atoms with Crippen LogP contribution in [0.15, 0.2) is 0 Å². The van der Waals surface area contributed by atoms with E-state index in [1.54, 1.807) is 0 Å². The maximum absolute atomic E-state index is 11.8. The smallest absolute Gasteiger partial charge is 0.317 e. The summed E-state index contributed by atoms with van der Waals surface area (Å²) in [5.41, 5.74) is -0.525. The fourth-order valence-electron chi connectivity index (χ4n) is 3.98. The van der Waals surface area contributed by atoms with Gasteiger partial charge < -0.3 is 19.3 Å². The highest BCUT2D eigenvalue weighted by Gasteiger charge is 2.55. The van der Waals surface area contributed by atoms with Crippen molar-refractivity contribution in [3.8, 4) is 0 Å². The molecule has 0 aromatic carbocycles. The zero-order valence-corrected chi connectivity index (χ0v) is 15.3. The molecule has 0 bridgehead atoms. The molecule has 3 aliphatic rings. The van der Waals surface area contributed by atoms with Gasteiger partial charge in [-0.05, 0) is 70.6 Å². The summed E-state index contributed by atoms with van der Waals surface area (Å²) in [5.74, 6) is -0.434. The van der Waals surface area contributed by atoms with Gasteiger partial charge in [0.15, 0.2) is 0 Å². The molecule has 6 heteroatoms. The molecule has 1 aliphatic heterocycles. The molecule has 1 saturated heterocycles. The van der Waals surface area contributed by atoms with E-state index in [4.69, 9.17) is 14.2 Å². The SMILES string of the molecule is CC1(O)CCC(COC(=O)CC(=O)OCC2CCC3(C)OC3C2)CC1. The lowest BCUT2D eigenvalue weighted by Gasteiger charge is -2.32. The summed E-state index contributed by atoms with van der Waals surface area (Å²) in [6.07, 6.45) is 6.06. The summed E-state index contributed by atoms with van der Waals surface area (Å²) < 4.78 is 16.1. The Morgan fingerprint density at radius 1 is 1.00 bits per heavy atom. The number of rotatable bonds is 6. The van der Waals surface area contributed by atoms with E-state index in [9.17, 15) is 14.7 Å². The van der Waals surface area contributed by atoms with Crippen LogP contribution in [-0.4, -0.2) is 47.6 Å². The Bertz CT molecular complexity index is 506. The number of hydrogen-bond acceptors (Lipinski definition) is 6. The average Bonchev–Trinajstić information content (AvgIpc) is 3.22. The number of carbonyl (C=O) groups excluding carboxylic acids is 2. The topological polar surface area (TPSA) is 85.4 Å². The standard InChI is InChI=1S/C19H30O6/c1-18(22)6-3-13(4-7-18)11-23-16(20)10-17(21)24-12-14-5-8-19(2)15(9-14)25-19/h13-15,22H,3-12H2,1-2H3. The van der Waals surface area contributed by atoms with Gasteiger partial charge in [-0.15, -0.1) is 0 Å². The highest BCUT2D eigenvalue weighted by atomic mass is 16.6. The van der Waals surface area contributed by atoms with Gasteiger partial charge in [0.25, 0.3) is 0 Å². The van der Waals surface area contributed by atoms with E-state index in [1.807, 2.05) is 6.92 Å². The molecule has 0 radical (unpaired) electrons. The molecule has 3 rings (SSSR count). The molecule has 6 nitrogen and oxygen atoms in total. The molecule has 0 aromatic rings. The number of hydrogen-bond donors (Lipinski definition) is 1. The number of fused-ring (bicyclic) bond motifs is 1. The van der Waals surface area contributed by atoms with Crippen LogP contribution in [0.5, 0.6) is 0 Å². The van der Waals surface area contributed by atoms with Gasteiger partial charge >= 0.3 is 11.9 Å². The summed E-state index contributed by atoms with van der Waals surface area (Å²) in [6.45, 7) is 4.65. The van der Waals surface area contributed by atoms with Gasteiger partial charge in [0, 0.05) is 0 Å². The van der Waals surface area contributed by atoms with Gasteiger partial charge in [0.2, 0.25) is 0 Å². The first-order valence-corrected chi connectivity index (χ1v) is 9.47.